The van der Waals surface area contributed by atoms with E-state index >= 15 is 0 Å². The van der Waals surface area contributed by atoms with Crippen LogP contribution in [0.4, 0.5) is 5.69 Å². The Balaban J connectivity index is 2.26. The predicted octanol–water partition coefficient (Wildman–Crippen LogP) is 4.24. The minimum absolute atomic E-state index is 0.0396. The average Bonchev–Trinajstić information content (AvgIpc) is 2.64. The zero-order valence-corrected chi connectivity index (χ0v) is 17.7. The summed E-state index contributed by atoms with van der Waals surface area (Å²) in [4.78, 5) is 24.0. The van der Waals surface area contributed by atoms with Gasteiger partial charge in [0.2, 0.25) is 15.9 Å². The van der Waals surface area contributed by atoms with Crippen molar-refractivity contribution < 1.29 is 18.0 Å². The number of amides is 1. The number of ketones is 1. The fourth-order valence-electron chi connectivity index (χ4n) is 2.50. The number of nitrogens with zero attached hydrogens (tertiary/aromatic N) is 1. The number of carbonyl (C=O) groups is 2. The fourth-order valence-corrected chi connectivity index (χ4v) is 4.37. The molecule has 2 aromatic carbocycles. The van der Waals surface area contributed by atoms with Crippen LogP contribution in [0.2, 0.25) is 10.0 Å². The summed E-state index contributed by atoms with van der Waals surface area (Å²) in [5, 5.41) is 3.25. The highest BCUT2D eigenvalue weighted by molar-refractivity contribution is 7.89. The van der Waals surface area contributed by atoms with Crippen LogP contribution in [0.1, 0.15) is 30.6 Å². The average molecular weight is 443 g/mol. The molecule has 0 saturated carbocycles. The van der Waals surface area contributed by atoms with Crippen molar-refractivity contribution in [2.45, 2.75) is 25.2 Å². The van der Waals surface area contributed by atoms with Crippen LogP contribution in [0.3, 0.4) is 0 Å². The van der Waals surface area contributed by atoms with E-state index in [1.807, 2.05) is 0 Å². The van der Waals surface area contributed by atoms with Gasteiger partial charge >= 0.3 is 0 Å². The number of halogens is 2. The molecule has 1 N–H and O–H groups in total. The molecule has 0 spiro atoms. The Morgan fingerprint density at radius 2 is 1.82 bits per heavy atom. The molecular formula is C19H20Cl2N2O4S. The van der Waals surface area contributed by atoms with Gasteiger partial charge in [-0.1, -0.05) is 42.3 Å². The van der Waals surface area contributed by atoms with Crippen molar-refractivity contribution in [3.63, 3.8) is 0 Å². The maximum absolute atomic E-state index is 13.0. The van der Waals surface area contributed by atoms with Crippen LogP contribution < -0.4 is 5.32 Å². The Labute approximate surface area is 174 Å². The van der Waals surface area contributed by atoms with Gasteiger partial charge in [0.15, 0.2) is 5.78 Å². The van der Waals surface area contributed by atoms with Crippen molar-refractivity contribution in [1.29, 1.82) is 0 Å². The van der Waals surface area contributed by atoms with E-state index in [-0.39, 0.29) is 27.8 Å². The Hall–Kier alpha value is -1.93. The number of hydrogen-bond acceptors (Lipinski definition) is 4. The lowest BCUT2D eigenvalue weighted by atomic mass is 10.2. The second kappa shape index (κ2) is 9.52. The van der Waals surface area contributed by atoms with Crippen LogP contribution in [0.5, 0.6) is 0 Å². The van der Waals surface area contributed by atoms with Crippen molar-refractivity contribution >= 4 is 50.6 Å². The molecule has 0 fully saturated rings. The van der Waals surface area contributed by atoms with E-state index in [9.17, 15) is 18.0 Å². The van der Waals surface area contributed by atoms with Crippen LogP contribution >= 0.6 is 23.2 Å². The van der Waals surface area contributed by atoms with Crippen molar-refractivity contribution in [3.05, 3.63) is 58.1 Å². The standard InChI is InChI=1S/C19H20Cl2N2O4S/c1-3-9-23(12-19(25)22-18-11-15(20)7-8-17(18)21)28(26,27)16-6-4-5-14(10-16)13(2)24/h4-8,10-11H,3,9,12H2,1-2H3,(H,22,25). The lowest BCUT2D eigenvalue weighted by Crippen LogP contribution is -2.38. The summed E-state index contributed by atoms with van der Waals surface area (Å²) in [5.74, 6) is -0.795. The summed E-state index contributed by atoms with van der Waals surface area (Å²) in [7, 11) is -3.96. The highest BCUT2D eigenvalue weighted by Gasteiger charge is 2.26. The van der Waals surface area contributed by atoms with Gasteiger partial charge in [-0.05, 0) is 43.7 Å². The summed E-state index contributed by atoms with van der Waals surface area (Å²) in [6.07, 6.45) is 0.511. The Morgan fingerprint density at radius 3 is 2.46 bits per heavy atom. The number of benzene rings is 2. The Kier molecular flexibility index (Phi) is 7.60. The number of nitrogens with one attached hydrogen (secondary N) is 1. The summed E-state index contributed by atoms with van der Waals surface area (Å²) in [6, 6.07) is 10.3. The first-order valence-electron chi connectivity index (χ1n) is 8.51. The molecule has 150 valence electrons. The van der Waals surface area contributed by atoms with Gasteiger partial charge in [-0.15, -0.1) is 0 Å². The number of carbonyl (C=O) groups excluding carboxylic acids is 2. The minimum atomic E-state index is -3.96. The maximum atomic E-state index is 13.0. The van der Waals surface area contributed by atoms with Crippen molar-refractivity contribution in [1.82, 2.24) is 4.31 Å². The number of anilines is 1. The van der Waals surface area contributed by atoms with E-state index in [1.54, 1.807) is 19.1 Å². The first kappa shape index (κ1) is 22.4. The van der Waals surface area contributed by atoms with E-state index in [4.69, 9.17) is 23.2 Å². The third-order valence-electron chi connectivity index (χ3n) is 3.87. The highest BCUT2D eigenvalue weighted by Crippen LogP contribution is 2.25. The van der Waals surface area contributed by atoms with Crippen LogP contribution in [-0.4, -0.2) is 37.5 Å². The van der Waals surface area contributed by atoms with Crippen LogP contribution in [0.25, 0.3) is 0 Å². The van der Waals surface area contributed by atoms with Crippen LogP contribution in [-0.2, 0) is 14.8 Å². The molecule has 0 atom stereocenters. The molecule has 2 rings (SSSR count). The summed E-state index contributed by atoms with van der Waals surface area (Å²) in [6.45, 7) is 2.91. The van der Waals surface area contributed by atoms with Gasteiger partial charge < -0.3 is 5.32 Å². The van der Waals surface area contributed by atoms with Gasteiger partial charge in [-0.2, -0.15) is 4.31 Å². The highest BCUT2D eigenvalue weighted by atomic mass is 35.5. The lowest BCUT2D eigenvalue weighted by Gasteiger charge is -2.21. The maximum Gasteiger partial charge on any atom is 0.243 e. The normalized spacial score (nSPS) is 11.5. The molecule has 0 radical (unpaired) electrons. The Morgan fingerprint density at radius 1 is 1.11 bits per heavy atom. The molecule has 1 amide bonds. The molecule has 9 heteroatoms. The molecule has 6 nitrogen and oxygen atoms in total. The molecule has 0 aromatic heterocycles. The first-order valence-corrected chi connectivity index (χ1v) is 10.7. The smallest absolute Gasteiger partial charge is 0.243 e. The molecule has 0 aliphatic carbocycles. The first-order chi connectivity index (χ1) is 13.1. The summed E-state index contributed by atoms with van der Waals surface area (Å²) in [5.41, 5.74) is 0.583. The number of rotatable bonds is 8. The molecule has 0 saturated heterocycles. The minimum Gasteiger partial charge on any atom is -0.324 e. The number of hydrogen-bond donors (Lipinski definition) is 1. The molecular weight excluding hydrogens is 423 g/mol. The second-order valence-electron chi connectivity index (χ2n) is 6.09. The lowest BCUT2D eigenvalue weighted by molar-refractivity contribution is -0.116. The molecule has 0 aliphatic heterocycles. The largest absolute Gasteiger partial charge is 0.324 e. The zero-order chi connectivity index (χ0) is 20.9. The van der Waals surface area contributed by atoms with Gasteiger partial charge in [-0.25, -0.2) is 8.42 Å². The van der Waals surface area contributed by atoms with E-state index in [0.717, 1.165) is 4.31 Å². The SMILES string of the molecule is CCCN(CC(=O)Nc1cc(Cl)ccc1Cl)S(=O)(=O)c1cccc(C(C)=O)c1. The third kappa shape index (κ3) is 5.54. The van der Waals surface area contributed by atoms with Crippen molar-refractivity contribution in [2.24, 2.45) is 0 Å². The third-order valence-corrected chi connectivity index (χ3v) is 6.28. The van der Waals surface area contributed by atoms with Gasteiger partial charge in [0.05, 0.1) is 22.2 Å². The molecule has 28 heavy (non-hydrogen) atoms. The van der Waals surface area contributed by atoms with Gasteiger partial charge in [0, 0.05) is 17.1 Å². The van der Waals surface area contributed by atoms with Crippen molar-refractivity contribution in [3.8, 4) is 0 Å². The van der Waals surface area contributed by atoms with E-state index in [1.165, 1.54) is 37.3 Å². The Bertz CT molecular complexity index is 993. The van der Waals surface area contributed by atoms with Gasteiger partial charge in [-0.3, -0.25) is 9.59 Å². The molecule has 0 heterocycles. The van der Waals surface area contributed by atoms with Crippen LogP contribution in [0, 0.1) is 0 Å². The second-order valence-corrected chi connectivity index (χ2v) is 8.88. The van der Waals surface area contributed by atoms with Gasteiger partial charge in [0.25, 0.3) is 0 Å². The molecule has 0 aliphatic rings. The van der Waals surface area contributed by atoms with E-state index in [0.29, 0.717) is 17.1 Å². The quantitative estimate of drug-likeness (QED) is 0.619. The molecule has 2 aromatic rings. The van der Waals surface area contributed by atoms with E-state index < -0.39 is 22.5 Å². The number of Topliss-reactive ketones (excluding diaryl/α,β-unsaturated/α-hetero) is 1. The van der Waals surface area contributed by atoms with Gasteiger partial charge in [0.1, 0.15) is 0 Å². The zero-order valence-electron chi connectivity index (χ0n) is 15.4. The van der Waals surface area contributed by atoms with Crippen LogP contribution in [0.15, 0.2) is 47.4 Å². The fraction of sp³-hybridized carbons (Fsp3) is 0.263. The molecule has 0 unspecified atom stereocenters. The molecule has 0 bridgehead atoms. The summed E-state index contributed by atoms with van der Waals surface area (Å²) >= 11 is 11.9. The van der Waals surface area contributed by atoms with Crippen molar-refractivity contribution in [2.75, 3.05) is 18.4 Å². The predicted molar refractivity (Wildman–Crippen MR) is 111 cm³/mol. The number of sulfonamides is 1. The monoisotopic (exact) mass is 442 g/mol. The summed E-state index contributed by atoms with van der Waals surface area (Å²) < 4.78 is 27.1. The van der Waals surface area contributed by atoms with E-state index in [2.05, 4.69) is 5.32 Å². The topological polar surface area (TPSA) is 83.6 Å².